The molecule has 6 rings (SSSR count). The number of carbonyl (C=O) groups excluding carboxylic acids is 2. The molecular formula is C39H45F3N4O2. The minimum atomic E-state index is -4.48. The number of likely N-dealkylation sites (tertiary alicyclic amines) is 1. The van der Waals surface area contributed by atoms with Crippen LogP contribution in [0.1, 0.15) is 78.8 Å². The molecule has 1 heterocycles. The fraction of sp³-hybridized carbons (Fsp3) is 0.436. The van der Waals surface area contributed by atoms with Crippen LogP contribution in [0.4, 0.5) is 18.9 Å². The molecule has 9 heteroatoms. The normalized spacial score (nSPS) is 22.4. The summed E-state index contributed by atoms with van der Waals surface area (Å²) in [5, 5.41) is 8.92. The molecule has 0 saturated carbocycles. The van der Waals surface area contributed by atoms with Crippen LogP contribution < -0.4 is 16.0 Å². The van der Waals surface area contributed by atoms with Crippen molar-refractivity contribution in [3.63, 3.8) is 0 Å². The van der Waals surface area contributed by atoms with E-state index in [-0.39, 0.29) is 17.9 Å². The lowest BCUT2D eigenvalue weighted by Crippen LogP contribution is -2.47. The van der Waals surface area contributed by atoms with Gasteiger partial charge in [0.2, 0.25) is 5.91 Å². The van der Waals surface area contributed by atoms with Crippen LogP contribution >= 0.6 is 0 Å². The predicted molar refractivity (Wildman–Crippen MR) is 184 cm³/mol. The number of carbonyl (C=O) groups is 2. The van der Waals surface area contributed by atoms with Crippen molar-refractivity contribution >= 4 is 17.5 Å². The minimum Gasteiger partial charge on any atom is -0.380 e. The molecule has 2 atom stereocenters. The Labute approximate surface area is 281 Å². The van der Waals surface area contributed by atoms with Crippen molar-refractivity contribution in [3.8, 4) is 0 Å². The third-order valence-electron chi connectivity index (χ3n) is 10.2. The number of alkyl halides is 3. The highest BCUT2D eigenvalue weighted by Crippen LogP contribution is 2.55. The molecule has 0 spiro atoms. The standard InChI is InChI=1S/C39H45F3N4O2/c40-39(41,42)27-44-37(48)38(33-17-7-4-14-30(33)31-15-5-8-18-34(31)38)22-10-11-23-46-24-20-29(21-25-46)45-36(47)32-16-6-9-19-35(32)43-26-28-12-2-1-3-13-28/h2,4-9,12-14,16-19,29,31,43H,1,3,10-11,15,20-27H2,(H,44,48)(H,45,47). The molecule has 2 aromatic carbocycles. The van der Waals surface area contributed by atoms with E-state index in [0.29, 0.717) is 24.9 Å². The first-order chi connectivity index (χ1) is 23.2. The lowest BCUT2D eigenvalue weighted by molar-refractivity contribution is -0.141. The van der Waals surface area contributed by atoms with Gasteiger partial charge in [0, 0.05) is 37.3 Å². The molecule has 2 amide bonds. The number of benzene rings is 2. The lowest BCUT2D eigenvalue weighted by Gasteiger charge is -2.34. The molecule has 0 bridgehead atoms. The summed E-state index contributed by atoms with van der Waals surface area (Å²) < 4.78 is 39.6. The molecule has 1 aliphatic heterocycles. The van der Waals surface area contributed by atoms with Crippen LogP contribution in [0.2, 0.25) is 0 Å². The molecule has 4 aliphatic rings. The molecule has 2 aromatic rings. The molecule has 0 radical (unpaired) electrons. The first-order valence-corrected chi connectivity index (χ1v) is 17.3. The third kappa shape index (κ3) is 7.62. The third-order valence-corrected chi connectivity index (χ3v) is 10.2. The number of allylic oxidation sites excluding steroid dienone is 5. The maximum Gasteiger partial charge on any atom is 0.405 e. The predicted octanol–water partition coefficient (Wildman–Crippen LogP) is 7.34. The number of nitrogens with zero attached hydrogens (tertiary/aromatic N) is 1. The topological polar surface area (TPSA) is 73.5 Å². The lowest BCUT2D eigenvalue weighted by atomic mass is 9.71. The number of hydrogen-bond donors (Lipinski definition) is 3. The average Bonchev–Trinajstić information content (AvgIpc) is 3.39. The van der Waals surface area contributed by atoms with Gasteiger partial charge in [0.15, 0.2) is 0 Å². The van der Waals surface area contributed by atoms with Gasteiger partial charge in [-0.05, 0) is 85.9 Å². The zero-order valence-electron chi connectivity index (χ0n) is 27.3. The number of halogens is 3. The van der Waals surface area contributed by atoms with Crippen LogP contribution in [-0.4, -0.2) is 61.7 Å². The van der Waals surface area contributed by atoms with Crippen LogP contribution in [-0.2, 0) is 10.2 Å². The van der Waals surface area contributed by atoms with E-state index in [1.165, 1.54) is 5.57 Å². The van der Waals surface area contributed by atoms with E-state index in [2.05, 4.69) is 45.2 Å². The van der Waals surface area contributed by atoms with Gasteiger partial charge in [-0.3, -0.25) is 9.59 Å². The van der Waals surface area contributed by atoms with Crippen LogP contribution in [0.3, 0.4) is 0 Å². The number of nitrogens with one attached hydrogen (secondary N) is 3. The quantitative estimate of drug-likeness (QED) is 0.209. The van der Waals surface area contributed by atoms with Crippen molar-refractivity contribution in [1.82, 2.24) is 15.5 Å². The second-order valence-corrected chi connectivity index (χ2v) is 13.3. The molecule has 3 N–H and O–H groups in total. The number of para-hydroxylation sites is 1. The minimum absolute atomic E-state index is 0.00579. The zero-order chi connectivity index (χ0) is 33.6. The van der Waals surface area contributed by atoms with Crippen molar-refractivity contribution in [1.29, 1.82) is 0 Å². The fourth-order valence-corrected chi connectivity index (χ4v) is 7.81. The van der Waals surface area contributed by atoms with Gasteiger partial charge < -0.3 is 20.9 Å². The van der Waals surface area contributed by atoms with Gasteiger partial charge >= 0.3 is 6.18 Å². The largest absolute Gasteiger partial charge is 0.405 e. The molecular weight excluding hydrogens is 613 g/mol. The summed E-state index contributed by atoms with van der Waals surface area (Å²) in [4.78, 5) is 29.4. The number of unbranched alkanes of at least 4 members (excludes halogenated alkanes) is 1. The van der Waals surface area contributed by atoms with Crippen LogP contribution in [0.5, 0.6) is 0 Å². The summed E-state index contributed by atoms with van der Waals surface area (Å²) >= 11 is 0. The van der Waals surface area contributed by atoms with Crippen molar-refractivity contribution in [2.24, 2.45) is 0 Å². The summed E-state index contributed by atoms with van der Waals surface area (Å²) in [7, 11) is 0. The van der Waals surface area contributed by atoms with Crippen LogP contribution in [0.25, 0.3) is 0 Å². The highest BCUT2D eigenvalue weighted by Gasteiger charge is 2.52. The zero-order valence-corrected chi connectivity index (χ0v) is 27.3. The van der Waals surface area contributed by atoms with E-state index in [0.717, 1.165) is 80.5 Å². The smallest absolute Gasteiger partial charge is 0.380 e. The first kappa shape index (κ1) is 33.8. The second kappa shape index (κ2) is 15.0. The number of anilines is 1. The van der Waals surface area contributed by atoms with Crippen LogP contribution in [0.15, 0.2) is 96.1 Å². The van der Waals surface area contributed by atoms with Crippen molar-refractivity contribution in [3.05, 3.63) is 113 Å². The summed E-state index contributed by atoms with van der Waals surface area (Å²) in [5.41, 5.74) is 4.37. The number of rotatable bonds is 12. The highest BCUT2D eigenvalue weighted by molar-refractivity contribution is 5.99. The maximum absolute atomic E-state index is 13.8. The fourth-order valence-electron chi connectivity index (χ4n) is 7.81. The summed E-state index contributed by atoms with van der Waals surface area (Å²) in [6.07, 6.45) is 14.5. The Morgan fingerprint density at radius 1 is 0.958 bits per heavy atom. The molecule has 254 valence electrons. The second-order valence-electron chi connectivity index (χ2n) is 13.3. The SMILES string of the molecule is O=C(NC1CCN(CCCCC2(C(=O)NCC(F)(F)F)C3=CC=CCC3c3ccccc32)CC1)c1ccccc1NCC1=CCCC=C1. The van der Waals surface area contributed by atoms with Crippen molar-refractivity contribution < 1.29 is 22.8 Å². The summed E-state index contributed by atoms with van der Waals surface area (Å²) in [6, 6.07) is 15.5. The number of amides is 2. The Morgan fingerprint density at radius 3 is 2.54 bits per heavy atom. The van der Waals surface area contributed by atoms with E-state index in [9.17, 15) is 22.8 Å². The maximum atomic E-state index is 13.8. The van der Waals surface area contributed by atoms with Gasteiger partial charge in [-0.2, -0.15) is 13.2 Å². The van der Waals surface area contributed by atoms with Gasteiger partial charge in [-0.15, -0.1) is 0 Å². The van der Waals surface area contributed by atoms with E-state index < -0.39 is 24.0 Å². The van der Waals surface area contributed by atoms with E-state index >= 15 is 0 Å². The monoisotopic (exact) mass is 658 g/mol. The van der Waals surface area contributed by atoms with Crippen molar-refractivity contribution in [2.75, 3.05) is 38.0 Å². The Morgan fingerprint density at radius 2 is 1.75 bits per heavy atom. The Hall–Kier alpha value is -4.11. The molecule has 0 aromatic heterocycles. The van der Waals surface area contributed by atoms with Gasteiger partial charge in [0.1, 0.15) is 6.54 Å². The number of hydrogen-bond acceptors (Lipinski definition) is 4. The molecule has 2 unspecified atom stereocenters. The summed E-state index contributed by atoms with van der Waals surface area (Å²) in [5.74, 6) is -0.625. The Balaban J connectivity index is 1.02. The van der Waals surface area contributed by atoms with Crippen LogP contribution in [0, 0.1) is 0 Å². The van der Waals surface area contributed by atoms with Gasteiger partial charge in [-0.1, -0.05) is 79.3 Å². The molecule has 6 nitrogen and oxygen atoms in total. The molecule has 3 aliphatic carbocycles. The molecule has 48 heavy (non-hydrogen) atoms. The molecule has 1 saturated heterocycles. The van der Waals surface area contributed by atoms with Gasteiger partial charge in [0.05, 0.1) is 11.0 Å². The number of piperidine rings is 1. The van der Waals surface area contributed by atoms with E-state index in [1.54, 1.807) is 0 Å². The molecule has 1 fully saturated rings. The Bertz CT molecular complexity index is 1600. The first-order valence-electron chi connectivity index (χ1n) is 17.3. The highest BCUT2D eigenvalue weighted by atomic mass is 19.4. The average molecular weight is 659 g/mol. The number of fused-ring (bicyclic) bond motifs is 3. The van der Waals surface area contributed by atoms with Gasteiger partial charge in [0.25, 0.3) is 5.91 Å². The van der Waals surface area contributed by atoms with E-state index in [4.69, 9.17) is 0 Å². The Kier molecular flexibility index (Phi) is 10.5. The summed E-state index contributed by atoms with van der Waals surface area (Å²) in [6.45, 7) is 1.88. The van der Waals surface area contributed by atoms with Crippen molar-refractivity contribution in [2.45, 2.75) is 74.9 Å². The van der Waals surface area contributed by atoms with E-state index in [1.807, 2.05) is 60.7 Å². The van der Waals surface area contributed by atoms with Gasteiger partial charge in [-0.25, -0.2) is 0 Å².